The summed E-state index contributed by atoms with van der Waals surface area (Å²) in [4.78, 5) is 44.9. The highest BCUT2D eigenvalue weighted by Crippen LogP contribution is 2.36. The summed E-state index contributed by atoms with van der Waals surface area (Å²) in [5.74, 6) is -0.158. The Morgan fingerprint density at radius 2 is 1.68 bits per heavy atom. The van der Waals surface area contributed by atoms with Crippen LogP contribution in [0, 0.1) is 5.41 Å². The molecule has 0 bridgehead atoms. The number of nitrogens with zero attached hydrogens (tertiary/aromatic N) is 1. The number of carbonyl (C=O) groups excluding carboxylic acids is 2. The Morgan fingerprint density at radius 1 is 1.06 bits per heavy atom. The van der Waals surface area contributed by atoms with Crippen molar-refractivity contribution in [2.75, 3.05) is 32.4 Å². The van der Waals surface area contributed by atoms with Gasteiger partial charge in [0, 0.05) is 29.8 Å². The number of benzene rings is 2. The molecule has 0 radical (unpaired) electrons. The number of nitrogens with one attached hydrogen (secondary N) is 2. The Kier molecular flexibility index (Phi) is 8.44. The Balaban J connectivity index is 1.54. The standard InChI is InChI=1S/C23H29N4O6P/c24-21(25)19-8-3-16(9-14-34(30,31)32)20(15-19)33-13-10-26-22(28)17-4-6-18(7-5-17)23(29)27-11-1-2-12-27/h3-8,15H,1-2,9-14H2,(H3,24,25)(H,26,28)(H2,30,31,32). The molecule has 0 aromatic heterocycles. The van der Waals surface area contributed by atoms with Crippen molar-refractivity contribution in [3.63, 3.8) is 0 Å². The molecular weight excluding hydrogens is 459 g/mol. The van der Waals surface area contributed by atoms with E-state index in [1.54, 1.807) is 36.4 Å². The van der Waals surface area contributed by atoms with Crippen LogP contribution in [0.4, 0.5) is 0 Å². The van der Waals surface area contributed by atoms with Crippen molar-refractivity contribution in [1.82, 2.24) is 10.2 Å². The number of hydrogen-bond acceptors (Lipinski definition) is 5. The zero-order valence-corrected chi connectivity index (χ0v) is 19.6. The number of hydrogen-bond donors (Lipinski definition) is 5. The van der Waals surface area contributed by atoms with Crippen molar-refractivity contribution < 1.29 is 28.7 Å². The van der Waals surface area contributed by atoms with E-state index >= 15 is 0 Å². The normalized spacial score (nSPS) is 13.5. The van der Waals surface area contributed by atoms with Crippen LogP contribution < -0.4 is 15.8 Å². The average Bonchev–Trinajstić information content (AvgIpc) is 3.34. The third-order valence-electron chi connectivity index (χ3n) is 5.48. The Bertz CT molecular complexity index is 1090. The maximum Gasteiger partial charge on any atom is 0.325 e. The second-order valence-corrected chi connectivity index (χ2v) is 9.83. The molecule has 182 valence electrons. The fourth-order valence-electron chi connectivity index (χ4n) is 3.62. The smallest absolute Gasteiger partial charge is 0.325 e. The van der Waals surface area contributed by atoms with Gasteiger partial charge >= 0.3 is 7.60 Å². The van der Waals surface area contributed by atoms with Crippen LogP contribution in [0.25, 0.3) is 0 Å². The first kappa shape index (κ1) is 25.4. The minimum absolute atomic E-state index is 0.0276. The molecule has 10 nitrogen and oxygen atoms in total. The van der Waals surface area contributed by atoms with Gasteiger partial charge in [0.2, 0.25) is 0 Å². The van der Waals surface area contributed by atoms with Crippen LogP contribution in [0.2, 0.25) is 0 Å². The summed E-state index contributed by atoms with van der Waals surface area (Å²) in [6.07, 6.45) is 1.78. The second-order valence-electron chi connectivity index (χ2n) is 8.06. The highest BCUT2D eigenvalue weighted by atomic mass is 31.2. The van der Waals surface area contributed by atoms with Crippen LogP contribution in [-0.4, -0.2) is 64.7 Å². The average molecular weight is 488 g/mol. The van der Waals surface area contributed by atoms with Gasteiger partial charge in [0.1, 0.15) is 18.2 Å². The van der Waals surface area contributed by atoms with Gasteiger partial charge in [-0.1, -0.05) is 12.1 Å². The lowest BCUT2D eigenvalue weighted by molar-refractivity contribution is 0.0792. The molecular formula is C23H29N4O6P. The van der Waals surface area contributed by atoms with Crippen molar-refractivity contribution in [3.8, 4) is 5.75 Å². The van der Waals surface area contributed by atoms with Crippen LogP contribution in [0.3, 0.4) is 0 Å². The number of nitrogen functional groups attached to an aromatic ring is 1. The van der Waals surface area contributed by atoms with Crippen LogP contribution >= 0.6 is 7.60 Å². The van der Waals surface area contributed by atoms with Crippen molar-refractivity contribution in [2.24, 2.45) is 5.73 Å². The maximum absolute atomic E-state index is 12.4. The number of likely N-dealkylation sites (tertiary alicyclic amines) is 1. The van der Waals surface area contributed by atoms with E-state index in [-0.39, 0.29) is 43.4 Å². The van der Waals surface area contributed by atoms with Gasteiger partial charge in [-0.05, 0) is 55.2 Å². The molecule has 34 heavy (non-hydrogen) atoms. The van der Waals surface area contributed by atoms with E-state index < -0.39 is 7.60 Å². The highest BCUT2D eigenvalue weighted by Gasteiger charge is 2.20. The van der Waals surface area contributed by atoms with E-state index in [0.717, 1.165) is 25.9 Å². The summed E-state index contributed by atoms with van der Waals surface area (Å²) in [7, 11) is -4.18. The largest absolute Gasteiger partial charge is 0.491 e. The predicted molar refractivity (Wildman–Crippen MR) is 127 cm³/mol. The van der Waals surface area contributed by atoms with Crippen molar-refractivity contribution in [2.45, 2.75) is 19.3 Å². The summed E-state index contributed by atoms with van der Waals surface area (Å²) < 4.78 is 16.9. The van der Waals surface area contributed by atoms with E-state index in [1.807, 2.05) is 4.90 Å². The number of carbonyl (C=O) groups is 2. The molecule has 0 atom stereocenters. The fourth-order valence-corrected chi connectivity index (χ4v) is 4.16. The van der Waals surface area contributed by atoms with Gasteiger partial charge in [0.15, 0.2) is 0 Å². The SMILES string of the molecule is N=C(N)c1ccc(CCP(=O)(O)O)c(OCCNC(=O)c2ccc(C(=O)N3CCCC3)cc2)c1. The number of rotatable bonds is 10. The lowest BCUT2D eigenvalue weighted by atomic mass is 10.1. The van der Waals surface area contributed by atoms with Crippen LogP contribution in [0.5, 0.6) is 5.75 Å². The molecule has 2 amide bonds. The lowest BCUT2D eigenvalue weighted by Gasteiger charge is -2.15. The summed E-state index contributed by atoms with van der Waals surface area (Å²) in [6.45, 7) is 1.80. The minimum atomic E-state index is -4.18. The predicted octanol–water partition coefficient (Wildman–Crippen LogP) is 1.74. The number of amides is 2. The van der Waals surface area contributed by atoms with Gasteiger partial charge in [-0.2, -0.15) is 0 Å². The zero-order valence-electron chi connectivity index (χ0n) is 18.7. The molecule has 0 saturated carbocycles. The lowest BCUT2D eigenvalue weighted by Crippen LogP contribution is -2.29. The van der Waals surface area contributed by atoms with Gasteiger partial charge in [-0.25, -0.2) is 0 Å². The van der Waals surface area contributed by atoms with Crippen molar-refractivity contribution in [1.29, 1.82) is 5.41 Å². The second kappa shape index (κ2) is 11.3. The first-order valence-corrected chi connectivity index (χ1v) is 12.8. The van der Waals surface area contributed by atoms with Crippen molar-refractivity contribution >= 4 is 25.2 Å². The Labute approximate surface area is 197 Å². The van der Waals surface area contributed by atoms with Crippen LogP contribution in [-0.2, 0) is 11.0 Å². The molecule has 2 aromatic carbocycles. The molecule has 3 rings (SSSR count). The van der Waals surface area contributed by atoms with Crippen molar-refractivity contribution in [3.05, 3.63) is 64.7 Å². The van der Waals surface area contributed by atoms with E-state index in [2.05, 4.69) is 5.32 Å². The van der Waals surface area contributed by atoms with Gasteiger partial charge < -0.3 is 30.5 Å². The summed E-state index contributed by atoms with van der Waals surface area (Å²) in [5.41, 5.74) is 7.48. The van der Waals surface area contributed by atoms with E-state index in [0.29, 0.717) is 28.0 Å². The zero-order chi connectivity index (χ0) is 24.7. The van der Waals surface area contributed by atoms with E-state index in [9.17, 15) is 14.2 Å². The van der Waals surface area contributed by atoms with Gasteiger partial charge in [0.25, 0.3) is 11.8 Å². The van der Waals surface area contributed by atoms with E-state index in [4.69, 9.17) is 25.7 Å². The Hall–Kier alpha value is -3.20. The molecule has 1 saturated heterocycles. The fraction of sp³-hybridized carbons (Fsp3) is 0.348. The Morgan fingerprint density at radius 3 is 2.29 bits per heavy atom. The highest BCUT2D eigenvalue weighted by molar-refractivity contribution is 7.51. The molecule has 2 aromatic rings. The molecule has 0 unspecified atom stereocenters. The number of ether oxygens (including phenoxy) is 1. The first-order chi connectivity index (χ1) is 16.1. The topological polar surface area (TPSA) is 166 Å². The van der Waals surface area contributed by atoms with Gasteiger partial charge in [0.05, 0.1) is 12.7 Å². The minimum Gasteiger partial charge on any atom is -0.491 e. The monoisotopic (exact) mass is 488 g/mol. The summed E-state index contributed by atoms with van der Waals surface area (Å²) >= 11 is 0. The molecule has 1 fully saturated rings. The first-order valence-electron chi connectivity index (χ1n) is 11.0. The maximum atomic E-state index is 12.4. The molecule has 6 N–H and O–H groups in total. The van der Waals surface area contributed by atoms with Crippen LogP contribution in [0.15, 0.2) is 42.5 Å². The van der Waals surface area contributed by atoms with E-state index in [1.165, 1.54) is 6.07 Å². The molecule has 0 spiro atoms. The molecule has 1 heterocycles. The number of nitrogens with two attached hydrogens (primary N) is 1. The molecule has 1 aliphatic heterocycles. The van der Waals surface area contributed by atoms with Gasteiger partial charge in [-0.3, -0.25) is 19.6 Å². The number of aryl methyl sites for hydroxylation is 1. The summed E-state index contributed by atoms with van der Waals surface area (Å²) in [6, 6.07) is 11.2. The number of amidine groups is 1. The van der Waals surface area contributed by atoms with Crippen LogP contribution in [0.1, 0.15) is 44.7 Å². The molecule has 0 aliphatic carbocycles. The third-order valence-corrected chi connectivity index (χ3v) is 6.29. The quantitative estimate of drug-likeness (QED) is 0.147. The van der Waals surface area contributed by atoms with Gasteiger partial charge in [-0.15, -0.1) is 0 Å². The molecule has 11 heteroatoms. The summed E-state index contributed by atoms with van der Waals surface area (Å²) in [5, 5.41) is 10.3. The third kappa shape index (κ3) is 7.15. The molecule has 1 aliphatic rings.